The summed E-state index contributed by atoms with van der Waals surface area (Å²) in [6.07, 6.45) is 5.88. The Morgan fingerprint density at radius 2 is 2.08 bits per heavy atom. The van der Waals surface area contributed by atoms with Gasteiger partial charge >= 0.3 is 5.97 Å². The van der Waals surface area contributed by atoms with Gasteiger partial charge in [0.1, 0.15) is 5.01 Å². The number of halogens is 1. The molecule has 1 saturated heterocycles. The molecule has 2 heterocycles. The van der Waals surface area contributed by atoms with Gasteiger partial charge in [0.2, 0.25) is 0 Å². The number of ether oxygens (including phenoxy) is 1. The van der Waals surface area contributed by atoms with Crippen LogP contribution < -0.4 is 10.2 Å². The molecule has 1 fully saturated rings. The van der Waals surface area contributed by atoms with Gasteiger partial charge in [0.25, 0.3) is 0 Å². The fourth-order valence-electron chi connectivity index (χ4n) is 4.63. The van der Waals surface area contributed by atoms with Crippen LogP contribution in [-0.4, -0.2) is 37.7 Å². The second kappa shape index (κ2) is 12.4. The van der Waals surface area contributed by atoms with E-state index in [-0.39, 0.29) is 5.97 Å². The van der Waals surface area contributed by atoms with Crippen molar-refractivity contribution in [2.45, 2.75) is 39.5 Å². The Bertz CT molecular complexity index is 1210. The van der Waals surface area contributed by atoms with Crippen LogP contribution >= 0.6 is 22.9 Å². The lowest BCUT2D eigenvalue weighted by Gasteiger charge is -2.35. The number of methoxy groups -OCH3 is 1. The highest BCUT2D eigenvalue weighted by Crippen LogP contribution is 2.33. The van der Waals surface area contributed by atoms with Crippen LogP contribution in [0.4, 0.5) is 5.69 Å². The predicted octanol–water partition coefficient (Wildman–Crippen LogP) is 6.74. The molecular formula is C29H34ClN3O2S. The first-order chi connectivity index (χ1) is 17.5. The third-order valence-corrected chi connectivity index (χ3v) is 7.98. The van der Waals surface area contributed by atoms with Crippen molar-refractivity contribution in [2.75, 3.05) is 31.6 Å². The van der Waals surface area contributed by atoms with Gasteiger partial charge in [0.15, 0.2) is 0 Å². The Labute approximate surface area is 223 Å². The molecule has 4 rings (SSSR count). The van der Waals surface area contributed by atoms with Crippen LogP contribution in [0.2, 0.25) is 5.02 Å². The summed E-state index contributed by atoms with van der Waals surface area (Å²) in [5.41, 5.74) is 5.47. The Morgan fingerprint density at radius 3 is 2.83 bits per heavy atom. The van der Waals surface area contributed by atoms with Crippen LogP contribution in [-0.2, 0) is 16.0 Å². The van der Waals surface area contributed by atoms with E-state index in [2.05, 4.69) is 42.3 Å². The lowest BCUT2D eigenvalue weighted by Crippen LogP contribution is -2.39. The fourth-order valence-corrected chi connectivity index (χ4v) is 5.85. The van der Waals surface area contributed by atoms with Gasteiger partial charge in [-0.3, -0.25) is 4.79 Å². The molecule has 1 unspecified atom stereocenters. The average molecular weight is 524 g/mol. The SMILES string of the molecule is CC/C=C(/NCC1CCCN(c2cccc(CC(=O)OC)c2)C1)c1sc(-c2ccc(Cl)cc2)nc1C. The highest BCUT2D eigenvalue weighted by Gasteiger charge is 2.22. The summed E-state index contributed by atoms with van der Waals surface area (Å²) in [5, 5.41) is 5.51. The predicted molar refractivity (Wildman–Crippen MR) is 151 cm³/mol. The number of benzene rings is 2. The van der Waals surface area contributed by atoms with E-state index >= 15 is 0 Å². The molecule has 7 heteroatoms. The lowest BCUT2D eigenvalue weighted by atomic mass is 9.97. The van der Waals surface area contributed by atoms with E-state index in [1.54, 1.807) is 11.3 Å². The molecule has 5 nitrogen and oxygen atoms in total. The summed E-state index contributed by atoms with van der Waals surface area (Å²) < 4.78 is 4.83. The van der Waals surface area contributed by atoms with Gasteiger partial charge < -0.3 is 15.0 Å². The minimum Gasteiger partial charge on any atom is -0.469 e. The fraction of sp³-hybridized carbons (Fsp3) is 0.379. The third kappa shape index (κ3) is 6.68. The van der Waals surface area contributed by atoms with Crippen LogP contribution in [0, 0.1) is 12.8 Å². The van der Waals surface area contributed by atoms with Crippen molar-refractivity contribution in [3.63, 3.8) is 0 Å². The number of allylic oxidation sites excluding steroid dienone is 1. The van der Waals surface area contributed by atoms with Crippen molar-refractivity contribution in [3.8, 4) is 10.6 Å². The quantitative estimate of drug-likeness (QED) is 0.314. The number of hydrogen-bond donors (Lipinski definition) is 1. The number of rotatable bonds is 9. The average Bonchev–Trinajstić information content (AvgIpc) is 3.28. The van der Waals surface area contributed by atoms with Crippen LogP contribution in [0.5, 0.6) is 0 Å². The van der Waals surface area contributed by atoms with Crippen LogP contribution in [0.3, 0.4) is 0 Å². The van der Waals surface area contributed by atoms with E-state index < -0.39 is 0 Å². The summed E-state index contributed by atoms with van der Waals surface area (Å²) in [7, 11) is 1.43. The van der Waals surface area contributed by atoms with E-state index in [0.29, 0.717) is 12.3 Å². The number of piperidine rings is 1. The van der Waals surface area contributed by atoms with Crippen molar-refractivity contribution in [3.05, 3.63) is 75.8 Å². The van der Waals surface area contributed by atoms with Gasteiger partial charge in [-0.05, 0) is 61.9 Å². The number of esters is 1. The maximum Gasteiger partial charge on any atom is 0.309 e. The Morgan fingerprint density at radius 1 is 1.28 bits per heavy atom. The molecule has 1 aliphatic heterocycles. The van der Waals surface area contributed by atoms with Gasteiger partial charge in [0, 0.05) is 41.6 Å². The number of nitrogens with zero attached hydrogens (tertiary/aromatic N) is 2. The zero-order chi connectivity index (χ0) is 25.5. The van der Waals surface area contributed by atoms with Gasteiger partial charge in [0.05, 0.1) is 24.1 Å². The first-order valence-corrected chi connectivity index (χ1v) is 13.7. The molecule has 0 spiro atoms. The van der Waals surface area contributed by atoms with Crippen LogP contribution in [0.15, 0.2) is 54.6 Å². The van der Waals surface area contributed by atoms with E-state index in [4.69, 9.17) is 21.3 Å². The van der Waals surface area contributed by atoms with Crippen LogP contribution in [0.1, 0.15) is 42.3 Å². The second-order valence-electron chi connectivity index (χ2n) is 9.22. The maximum absolute atomic E-state index is 11.7. The molecule has 36 heavy (non-hydrogen) atoms. The van der Waals surface area contributed by atoms with Crippen molar-refractivity contribution < 1.29 is 9.53 Å². The highest BCUT2D eigenvalue weighted by molar-refractivity contribution is 7.16. The minimum absolute atomic E-state index is 0.208. The van der Waals surface area contributed by atoms with E-state index in [9.17, 15) is 4.79 Å². The smallest absolute Gasteiger partial charge is 0.309 e. The summed E-state index contributed by atoms with van der Waals surface area (Å²) in [4.78, 5) is 20.2. The topological polar surface area (TPSA) is 54.5 Å². The summed E-state index contributed by atoms with van der Waals surface area (Å²) >= 11 is 7.79. The van der Waals surface area contributed by atoms with Gasteiger partial charge in [-0.25, -0.2) is 4.98 Å². The summed E-state index contributed by atoms with van der Waals surface area (Å²) in [6.45, 7) is 7.19. The van der Waals surface area contributed by atoms with Crippen molar-refractivity contribution in [1.29, 1.82) is 0 Å². The zero-order valence-corrected chi connectivity index (χ0v) is 22.8. The molecule has 0 amide bonds. The normalized spacial score (nSPS) is 16.2. The molecule has 0 radical (unpaired) electrons. The third-order valence-electron chi connectivity index (χ3n) is 6.49. The standard InChI is InChI=1S/C29H34ClN3O2S/c1-4-7-26(28-20(2)32-29(36-28)23-11-13-24(30)14-12-23)31-18-22-9-6-15-33(19-22)25-10-5-8-21(16-25)17-27(34)35-3/h5,7-8,10-14,16,22,31H,4,6,9,15,17-19H2,1-3H3/b26-7+. The number of nitrogens with one attached hydrogen (secondary N) is 1. The largest absolute Gasteiger partial charge is 0.469 e. The van der Waals surface area contributed by atoms with Crippen molar-refractivity contribution in [1.82, 2.24) is 10.3 Å². The lowest BCUT2D eigenvalue weighted by molar-refractivity contribution is -0.139. The molecule has 1 aliphatic rings. The highest BCUT2D eigenvalue weighted by atomic mass is 35.5. The molecule has 190 valence electrons. The van der Waals surface area contributed by atoms with E-state index in [1.165, 1.54) is 29.8 Å². The monoisotopic (exact) mass is 523 g/mol. The van der Waals surface area contributed by atoms with Gasteiger partial charge in [-0.1, -0.05) is 48.9 Å². The molecule has 1 aromatic heterocycles. The molecule has 2 aromatic carbocycles. The number of aromatic nitrogens is 1. The molecule has 0 aliphatic carbocycles. The Kier molecular flexibility index (Phi) is 9.05. The number of hydrogen-bond acceptors (Lipinski definition) is 6. The number of carbonyl (C=O) groups is 1. The zero-order valence-electron chi connectivity index (χ0n) is 21.2. The van der Waals surface area contributed by atoms with Crippen molar-refractivity contribution in [2.24, 2.45) is 5.92 Å². The van der Waals surface area contributed by atoms with Gasteiger partial charge in [-0.2, -0.15) is 0 Å². The minimum atomic E-state index is -0.208. The maximum atomic E-state index is 11.7. The first kappa shape index (κ1) is 26.2. The summed E-state index contributed by atoms with van der Waals surface area (Å²) in [6, 6.07) is 16.1. The Balaban J connectivity index is 1.42. The number of carbonyl (C=O) groups excluding carboxylic acids is 1. The number of aryl methyl sites for hydroxylation is 1. The summed E-state index contributed by atoms with van der Waals surface area (Å²) in [5.74, 6) is 0.327. The molecule has 1 atom stereocenters. The Hall–Kier alpha value is -2.83. The molecular weight excluding hydrogens is 490 g/mol. The molecule has 3 aromatic rings. The molecule has 0 bridgehead atoms. The van der Waals surface area contributed by atoms with Crippen molar-refractivity contribution >= 4 is 40.3 Å². The molecule has 1 N–H and O–H groups in total. The van der Waals surface area contributed by atoms with Gasteiger partial charge in [-0.15, -0.1) is 11.3 Å². The van der Waals surface area contributed by atoms with E-state index in [0.717, 1.165) is 59.3 Å². The number of thiazole rings is 1. The van der Waals surface area contributed by atoms with E-state index in [1.807, 2.05) is 36.4 Å². The van der Waals surface area contributed by atoms with Crippen LogP contribution in [0.25, 0.3) is 16.3 Å². The molecule has 0 saturated carbocycles. The second-order valence-corrected chi connectivity index (χ2v) is 10.7. The first-order valence-electron chi connectivity index (χ1n) is 12.5. The number of anilines is 1.